The Morgan fingerprint density at radius 2 is 1.04 bits per heavy atom. The SMILES string of the molecule is CC(C)CC1(C)OCC(OC2COC(C)(CC(C)C)OC2)CO1. The van der Waals surface area contributed by atoms with E-state index < -0.39 is 11.6 Å². The highest BCUT2D eigenvalue weighted by atomic mass is 16.7. The van der Waals surface area contributed by atoms with Gasteiger partial charge in [-0.25, -0.2) is 0 Å². The van der Waals surface area contributed by atoms with E-state index in [1.807, 2.05) is 13.8 Å². The van der Waals surface area contributed by atoms with Crippen molar-refractivity contribution in [3.05, 3.63) is 0 Å². The first-order valence-corrected chi connectivity index (χ1v) is 8.91. The normalized spacial score (nSPS) is 39.1. The van der Waals surface area contributed by atoms with Gasteiger partial charge in [-0.3, -0.25) is 0 Å². The molecule has 0 atom stereocenters. The third-order valence-corrected chi connectivity index (χ3v) is 4.24. The first kappa shape index (κ1) is 19.1. The van der Waals surface area contributed by atoms with E-state index in [1.165, 1.54) is 0 Å². The monoisotopic (exact) mass is 330 g/mol. The van der Waals surface area contributed by atoms with Crippen LogP contribution in [0.4, 0.5) is 0 Å². The fourth-order valence-electron chi connectivity index (χ4n) is 3.40. The fourth-order valence-corrected chi connectivity index (χ4v) is 3.40. The van der Waals surface area contributed by atoms with Gasteiger partial charge < -0.3 is 23.7 Å². The van der Waals surface area contributed by atoms with E-state index in [2.05, 4.69) is 27.7 Å². The number of hydrogen-bond donors (Lipinski definition) is 0. The highest BCUT2D eigenvalue weighted by Crippen LogP contribution is 2.29. The standard InChI is InChI=1S/C18H34O5/c1-13(2)7-17(5)19-9-15(10-20-17)23-16-11-21-18(6,22-12-16)8-14(3)4/h13-16H,7-12H2,1-6H3. The van der Waals surface area contributed by atoms with Crippen molar-refractivity contribution in [1.29, 1.82) is 0 Å². The van der Waals surface area contributed by atoms with Gasteiger partial charge in [-0.1, -0.05) is 27.7 Å². The molecule has 0 aromatic rings. The van der Waals surface area contributed by atoms with Crippen LogP contribution in [0, 0.1) is 11.8 Å². The van der Waals surface area contributed by atoms with Crippen molar-refractivity contribution in [2.45, 2.75) is 78.2 Å². The number of ether oxygens (including phenoxy) is 5. The average molecular weight is 330 g/mol. The van der Waals surface area contributed by atoms with Gasteiger partial charge in [-0.2, -0.15) is 0 Å². The lowest BCUT2D eigenvalue weighted by molar-refractivity contribution is -0.327. The summed E-state index contributed by atoms with van der Waals surface area (Å²) >= 11 is 0. The van der Waals surface area contributed by atoms with Crippen LogP contribution in [0.25, 0.3) is 0 Å². The van der Waals surface area contributed by atoms with E-state index in [0.29, 0.717) is 38.3 Å². The lowest BCUT2D eigenvalue weighted by Crippen LogP contribution is -2.50. The Labute approximate surface area is 140 Å². The second kappa shape index (κ2) is 7.79. The maximum atomic E-state index is 6.03. The summed E-state index contributed by atoms with van der Waals surface area (Å²) in [6.07, 6.45) is 1.68. The van der Waals surface area contributed by atoms with E-state index in [1.54, 1.807) is 0 Å². The summed E-state index contributed by atoms with van der Waals surface area (Å²) in [5.74, 6) is 0.111. The summed E-state index contributed by atoms with van der Waals surface area (Å²) in [5.41, 5.74) is 0. The van der Waals surface area contributed by atoms with Crippen LogP contribution in [0.15, 0.2) is 0 Å². The van der Waals surface area contributed by atoms with Crippen molar-refractivity contribution < 1.29 is 23.7 Å². The van der Waals surface area contributed by atoms with Crippen LogP contribution in [-0.4, -0.2) is 50.2 Å². The number of hydrogen-bond acceptors (Lipinski definition) is 5. The maximum absolute atomic E-state index is 6.03. The molecule has 2 aliphatic heterocycles. The Hall–Kier alpha value is -0.200. The lowest BCUT2D eigenvalue weighted by Gasteiger charge is -2.42. The zero-order valence-electron chi connectivity index (χ0n) is 15.6. The van der Waals surface area contributed by atoms with E-state index in [4.69, 9.17) is 23.7 Å². The topological polar surface area (TPSA) is 46.2 Å². The molecule has 23 heavy (non-hydrogen) atoms. The van der Waals surface area contributed by atoms with Crippen LogP contribution in [0.5, 0.6) is 0 Å². The molecule has 5 nitrogen and oxygen atoms in total. The molecular weight excluding hydrogens is 296 g/mol. The van der Waals surface area contributed by atoms with E-state index in [9.17, 15) is 0 Å². The van der Waals surface area contributed by atoms with Gasteiger partial charge in [-0.05, 0) is 25.7 Å². The predicted octanol–water partition coefficient (Wildman–Crippen LogP) is 3.36. The first-order valence-electron chi connectivity index (χ1n) is 8.91. The third kappa shape index (κ3) is 5.98. The molecule has 0 N–H and O–H groups in total. The average Bonchev–Trinajstić information content (AvgIpc) is 2.42. The Balaban J connectivity index is 1.72. The van der Waals surface area contributed by atoms with Gasteiger partial charge in [0.2, 0.25) is 0 Å². The molecule has 0 bridgehead atoms. The largest absolute Gasteiger partial charge is 0.365 e. The molecule has 136 valence electrons. The molecule has 2 heterocycles. The van der Waals surface area contributed by atoms with Crippen LogP contribution in [-0.2, 0) is 23.7 Å². The molecule has 5 heteroatoms. The fraction of sp³-hybridized carbons (Fsp3) is 1.00. The summed E-state index contributed by atoms with van der Waals surface area (Å²) in [6, 6.07) is 0. The van der Waals surface area contributed by atoms with Gasteiger partial charge in [0.25, 0.3) is 0 Å². The quantitative estimate of drug-likeness (QED) is 0.747. The minimum atomic E-state index is -0.483. The van der Waals surface area contributed by atoms with Crippen molar-refractivity contribution >= 4 is 0 Å². The van der Waals surface area contributed by atoms with Crippen LogP contribution in [0.1, 0.15) is 54.4 Å². The third-order valence-electron chi connectivity index (χ3n) is 4.24. The van der Waals surface area contributed by atoms with E-state index >= 15 is 0 Å². The molecule has 2 aliphatic rings. The minimum absolute atomic E-state index is 0.0538. The summed E-state index contributed by atoms with van der Waals surface area (Å²) in [7, 11) is 0. The van der Waals surface area contributed by atoms with Crippen LogP contribution in [0.2, 0.25) is 0 Å². The van der Waals surface area contributed by atoms with Gasteiger partial charge >= 0.3 is 0 Å². The molecule has 0 aromatic carbocycles. The lowest BCUT2D eigenvalue weighted by atomic mass is 10.0. The van der Waals surface area contributed by atoms with Gasteiger partial charge in [0.15, 0.2) is 11.6 Å². The smallest absolute Gasteiger partial charge is 0.166 e. The molecule has 0 amide bonds. The Bertz CT molecular complexity index is 318. The van der Waals surface area contributed by atoms with Crippen molar-refractivity contribution in [3.8, 4) is 0 Å². The maximum Gasteiger partial charge on any atom is 0.166 e. The molecule has 0 spiro atoms. The highest BCUT2D eigenvalue weighted by Gasteiger charge is 2.38. The zero-order valence-corrected chi connectivity index (χ0v) is 15.6. The van der Waals surface area contributed by atoms with Crippen LogP contribution in [0.3, 0.4) is 0 Å². The van der Waals surface area contributed by atoms with Gasteiger partial charge in [0.05, 0.1) is 26.4 Å². The summed E-state index contributed by atoms with van der Waals surface area (Å²) in [5, 5.41) is 0. The minimum Gasteiger partial charge on any atom is -0.365 e. The molecule has 0 aromatic heterocycles. The molecular formula is C18H34O5. The van der Waals surface area contributed by atoms with Crippen molar-refractivity contribution in [2.24, 2.45) is 11.8 Å². The van der Waals surface area contributed by atoms with Crippen molar-refractivity contribution in [3.63, 3.8) is 0 Å². The number of rotatable bonds is 6. The molecule has 2 saturated heterocycles. The van der Waals surface area contributed by atoms with Crippen molar-refractivity contribution in [1.82, 2.24) is 0 Å². The molecule has 0 aliphatic carbocycles. The van der Waals surface area contributed by atoms with E-state index in [0.717, 1.165) is 12.8 Å². The molecule has 2 fully saturated rings. The Morgan fingerprint density at radius 1 is 0.739 bits per heavy atom. The molecule has 0 radical (unpaired) electrons. The summed E-state index contributed by atoms with van der Waals surface area (Å²) < 4.78 is 29.6. The second-order valence-electron chi connectivity index (χ2n) is 8.09. The highest BCUT2D eigenvalue weighted by molar-refractivity contribution is 4.77. The van der Waals surface area contributed by atoms with Gasteiger partial charge in [0, 0.05) is 12.8 Å². The Kier molecular flexibility index (Phi) is 6.48. The van der Waals surface area contributed by atoms with E-state index in [-0.39, 0.29) is 12.2 Å². The zero-order chi connectivity index (χ0) is 17.1. The first-order chi connectivity index (χ1) is 10.7. The second-order valence-corrected chi connectivity index (χ2v) is 8.09. The summed E-state index contributed by atoms with van der Waals surface area (Å²) in [6.45, 7) is 14.9. The van der Waals surface area contributed by atoms with Crippen LogP contribution >= 0.6 is 0 Å². The van der Waals surface area contributed by atoms with Crippen LogP contribution < -0.4 is 0 Å². The van der Waals surface area contributed by atoms with Gasteiger partial charge in [-0.15, -0.1) is 0 Å². The summed E-state index contributed by atoms with van der Waals surface area (Å²) in [4.78, 5) is 0. The Morgan fingerprint density at radius 3 is 1.30 bits per heavy atom. The van der Waals surface area contributed by atoms with Crippen molar-refractivity contribution in [2.75, 3.05) is 26.4 Å². The molecule has 0 unspecified atom stereocenters. The predicted molar refractivity (Wildman–Crippen MR) is 88.2 cm³/mol. The van der Waals surface area contributed by atoms with Gasteiger partial charge in [0.1, 0.15) is 12.2 Å². The molecule has 2 rings (SSSR count). The molecule has 0 saturated carbocycles.